The lowest BCUT2D eigenvalue weighted by Gasteiger charge is -2.44. The molecule has 18 heavy (non-hydrogen) atoms. The first-order valence-corrected chi connectivity index (χ1v) is 7.27. The van der Waals surface area contributed by atoms with Gasteiger partial charge in [-0.2, -0.15) is 0 Å². The van der Waals surface area contributed by atoms with Crippen molar-refractivity contribution in [1.29, 1.82) is 0 Å². The number of carbonyl (C=O) groups is 1. The molecule has 0 aromatic heterocycles. The van der Waals surface area contributed by atoms with Gasteiger partial charge in [0.25, 0.3) is 0 Å². The molecule has 0 aromatic carbocycles. The number of nitrogens with one attached hydrogen (secondary N) is 1. The Morgan fingerprint density at radius 2 is 1.89 bits per heavy atom. The van der Waals surface area contributed by atoms with Crippen LogP contribution in [-0.4, -0.2) is 60.5 Å². The van der Waals surface area contributed by atoms with Gasteiger partial charge in [-0.05, 0) is 39.2 Å². The molecule has 4 heteroatoms. The number of rotatable bonds is 2. The molecule has 2 aliphatic heterocycles. The highest BCUT2D eigenvalue weighted by molar-refractivity contribution is 5.85. The smallest absolute Gasteiger partial charge is 0.242 e. The van der Waals surface area contributed by atoms with E-state index in [2.05, 4.69) is 31.0 Å². The van der Waals surface area contributed by atoms with Gasteiger partial charge in [0.05, 0.1) is 5.54 Å². The van der Waals surface area contributed by atoms with Gasteiger partial charge in [-0.15, -0.1) is 0 Å². The Bertz CT molecular complexity index is 297. The van der Waals surface area contributed by atoms with Gasteiger partial charge < -0.3 is 10.2 Å². The monoisotopic (exact) mass is 253 g/mol. The van der Waals surface area contributed by atoms with E-state index in [-0.39, 0.29) is 5.54 Å². The maximum Gasteiger partial charge on any atom is 0.242 e. The van der Waals surface area contributed by atoms with Gasteiger partial charge in [0.15, 0.2) is 0 Å². The van der Waals surface area contributed by atoms with Crippen molar-refractivity contribution < 1.29 is 4.79 Å². The summed E-state index contributed by atoms with van der Waals surface area (Å²) in [6.45, 7) is 12.2. The van der Waals surface area contributed by atoms with Crippen molar-refractivity contribution in [2.75, 3.05) is 39.3 Å². The lowest BCUT2D eigenvalue weighted by atomic mass is 9.92. The van der Waals surface area contributed by atoms with Gasteiger partial charge in [-0.1, -0.05) is 6.92 Å². The van der Waals surface area contributed by atoms with Gasteiger partial charge in [0.1, 0.15) is 0 Å². The molecule has 2 fully saturated rings. The molecule has 0 bridgehead atoms. The van der Waals surface area contributed by atoms with Crippen LogP contribution in [0.15, 0.2) is 0 Å². The minimum Gasteiger partial charge on any atom is -0.339 e. The van der Waals surface area contributed by atoms with E-state index in [9.17, 15) is 4.79 Å². The summed E-state index contributed by atoms with van der Waals surface area (Å²) in [7, 11) is 0. The molecule has 1 amide bonds. The molecular formula is C14H27N3O. The molecule has 2 heterocycles. The van der Waals surface area contributed by atoms with E-state index in [1.54, 1.807) is 0 Å². The molecule has 0 aromatic rings. The molecular weight excluding hydrogens is 226 g/mol. The summed E-state index contributed by atoms with van der Waals surface area (Å²) in [5, 5.41) is 3.30. The first kappa shape index (κ1) is 13.8. The molecule has 0 aliphatic carbocycles. The standard InChI is InChI=1S/C14H27N3O/c1-12-5-4-8-17(11-12)14(2,3)13(18)16-9-6-15-7-10-16/h12,15H,4-11H2,1-3H3. The van der Waals surface area contributed by atoms with Crippen LogP contribution in [0, 0.1) is 5.92 Å². The first-order valence-electron chi connectivity index (χ1n) is 7.27. The Hall–Kier alpha value is -0.610. The van der Waals surface area contributed by atoms with Crippen molar-refractivity contribution >= 4 is 5.91 Å². The third-order valence-corrected chi connectivity index (χ3v) is 4.38. The van der Waals surface area contributed by atoms with Crippen LogP contribution in [0.25, 0.3) is 0 Å². The number of nitrogens with zero attached hydrogens (tertiary/aromatic N) is 2. The third kappa shape index (κ3) is 2.86. The molecule has 2 rings (SSSR count). The Morgan fingerprint density at radius 3 is 2.50 bits per heavy atom. The molecule has 2 saturated heterocycles. The highest BCUT2D eigenvalue weighted by Crippen LogP contribution is 2.25. The largest absolute Gasteiger partial charge is 0.339 e. The van der Waals surface area contributed by atoms with Crippen LogP contribution in [0.1, 0.15) is 33.6 Å². The van der Waals surface area contributed by atoms with E-state index in [4.69, 9.17) is 0 Å². The zero-order valence-corrected chi connectivity index (χ0v) is 12.0. The molecule has 1 atom stereocenters. The molecule has 0 spiro atoms. The second-order valence-corrected chi connectivity index (χ2v) is 6.29. The summed E-state index contributed by atoms with van der Waals surface area (Å²) in [5.41, 5.74) is -0.341. The Labute approximate surface area is 111 Å². The Balaban J connectivity index is 2.01. The van der Waals surface area contributed by atoms with E-state index in [1.807, 2.05) is 4.90 Å². The number of amides is 1. The second kappa shape index (κ2) is 5.57. The average Bonchev–Trinajstić information content (AvgIpc) is 2.39. The lowest BCUT2D eigenvalue weighted by molar-refractivity contribution is -0.144. The van der Waals surface area contributed by atoms with Crippen LogP contribution in [-0.2, 0) is 4.79 Å². The van der Waals surface area contributed by atoms with Crippen molar-refractivity contribution in [3.63, 3.8) is 0 Å². The minimum absolute atomic E-state index is 0.304. The van der Waals surface area contributed by atoms with E-state index in [0.29, 0.717) is 11.8 Å². The zero-order valence-electron chi connectivity index (χ0n) is 12.0. The average molecular weight is 253 g/mol. The summed E-state index contributed by atoms with van der Waals surface area (Å²) in [6, 6.07) is 0. The Kier molecular flexibility index (Phi) is 4.28. The van der Waals surface area contributed by atoms with Crippen molar-refractivity contribution in [1.82, 2.24) is 15.1 Å². The van der Waals surface area contributed by atoms with Crippen molar-refractivity contribution in [3.8, 4) is 0 Å². The topological polar surface area (TPSA) is 35.6 Å². The van der Waals surface area contributed by atoms with E-state index < -0.39 is 0 Å². The maximum atomic E-state index is 12.7. The predicted molar refractivity (Wildman–Crippen MR) is 73.5 cm³/mol. The fraction of sp³-hybridized carbons (Fsp3) is 0.929. The SMILES string of the molecule is CC1CCCN(C(C)(C)C(=O)N2CCNCC2)C1. The van der Waals surface area contributed by atoms with Crippen molar-refractivity contribution in [3.05, 3.63) is 0 Å². The van der Waals surface area contributed by atoms with E-state index in [1.165, 1.54) is 12.8 Å². The van der Waals surface area contributed by atoms with Crippen molar-refractivity contribution in [2.45, 2.75) is 39.2 Å². The number of hydrogen-bond acceptors (Lipinski definition) is 3. The fourth-order valence-electron chi connectivity index (χ4n) is 3.09. The molecule has 4 nitrogen and oxygen atoms in total. The highest BCUT2D eigenvalue weighted by Gasteiger charge is 2.39. The van der Waals surface area contributed by atoms with Crippen molar-refractivity contribution in [2.24, 2.45) is 5.92 Å². The normalized spacial score (nSPS) is 27.3. The molecule has 1 unspecified atom stereocenters. The van der Waals surface area contributed by atoms with Crippen LogP contribution in [0.2, 0.25) is 0 Å². The second-order valence-electron chi connectivity index (χ2n) is 6.29. The molecule has 0 saturated carbocycles. The number of carbonyl (C=O) groups excluding carboxylic acids is 1. The maximum absolute atomic E-state index is 12.7. The Morgan fingerprint density at radius 1 is 1.22 bits per heavy atom. The predicted octanol–water partition coefficient (Wildman–Crippen LogP) is 0.929. The lowest BCUT2D eigenvalue weighted by Crippen LogP contribution is -2.60. The van der Waals surface area contributed by atoms with Gasteiger partial charge in [0, 0.05) is 32.7 Å². The van der Waals surface area contributed by atoms with E-state index >= 15 is 0 Å². The summed E-state index contributed by atoms with van der Waals surface area (Å²) < 4.78 is 0. The van der Waals surface area contributed by atoms with Crippen LogP contribution < -0.4 is 5.32 Å². The fourth-order valence-corrected chi connectivity index (χ4v) is 3.09. The first-order chi connectivity index (χ1) is 8.51. The minimum atomic E-state index is -0.341. The van der Waals surface area contributed by atoms with Crippen LogP contribution >= 0.6 is 0 Å². The van der Waals surface area contributed by atoms with Gasteiger partial charge >= 0.3 is 0 Å². The summed E-state index contributed by atoms with van der Waals surface area (Å²) in [4.78, 5) is 17.1. The number of piperazine rings is 1. The number of piperidine rings is 1. The zero-order chi connectivity index (χ0) is 13.2. The number of hydrogen-bond donors (Lipinski definition) is 1. The van der Waals surface area contributed by atoms with Gasteiger partial charge in [-0.25, -0.2) is 0 Å². The number of likely N-dealkylation sites (tertiary alicyclic amines) is 1. The van der Waals surface area contributed by atoms with Crippen LogP contribution in [0.4, 0.5) is 0 Å². The summed E-state index contributed by atoms with van der Waals surface area (Å²) >= 11 is 0. The van der Waals surface area contributed by atoms with E-state index in [0.717, 1.165) is 39.3 Å². The quantitative estimate of drug-likeness (QED) is 0.795. The summed E-state index contributed by atoms with van der Waals surface area (Å²) in [6.07, 6.45) is 2.52. The highest BCUT2D eigenvalue weighted by atomic mass is 16.2. The molecule has 2 aliphatic rings. The molecule has 0 radical (unpaired) electrons. The summed E-state index contributed by atoms with van der Waals surface area (Å²) in [5.74, 6) is 1.02. The molecule has 1 N–H and O–H groups in total. The van der Waals surface area contributed by atoms with Crippen LogP contribution in [0.3, 0.4) is 0 Å². The van der Waals surface area contributed by atoms with Gasteiger partial charge in [0.2, 0.25) is 5.91 Å². The van der Waals surface area contributed by atoms with Gasteiger partial charge in [-0.3, -0.25) is 9.69 Å². The molecule has 104 valence electrons. The third-order valence-electron chi connectivity index (χ3n) is 4.38. The van der Waals surface area contributed by atoms with Crippen LogP contribution in [0.5, 0.6) is 0 Å².